The van der Waals surface area contributed by atoms with Crippen LogP contribution < -0.4 is 5.56 Å². The maximum Gasteiger partial charge on any atom is 0.258 e. The molecular weight excluding hydrogens is 256 g/mol. The van der Waals surface area contributed by atoms with Crippen LogP contribution in [0, 0.1) is 0 Å². The van der Waals surface area contributed by atoms with Crippen LogP contribution in [-0.4, -0.2) is 20.2 Å². The van der Waals surface area contributed by atoms with E-state index in [2.05, 4.69) is 9.97 Å². The zero-order valence-corrected chi connectivity index (χ0v) is 11.0. The Morgan fingerprint density at radius 1 is 1.20 bits per heavy atom. The number of H-pyrrole nitrogens is 1. The van der Waals surface area contributed by atoms with Gasteiger partial charge in [0.25, 0.3) is 5.56 Å². The second kappa shape index (κ2) is 5.00. The van der Waals surface area contributed by atoms with Crippen molar-refractivity contribution in [3.63, 3.8) is 0 Å². The van der Waals surface area contributed by atoms with Gasteiger partial charge in [-0.25, -0.2) is 0 Å². The number of aromatic hydroxyl groups is 2. The molecule has 0 amide bonds. The molecule has 0 unspecified atom stereocenters. The maximum atomic E-state index is 12.2. The lowest BCUT2D eigenvalue weighted by Crippen LogP contribution is -2.17. The normalized spacial score (nSPS) is 15.6. The van der Waals surface area contributed by atoms with E-state index >= 15 is 0 Å². The molecular formula is C15H16N2O3. The zero-order valence-electron chi connectivity index (χ0n) is 11.0. The van der Waals surface area contributed by atoms with Gasteiger partial charge < -0.3 is 15.2 Å². The summed E-state index contributed by atoms with van der Waals surface area (Å²) in [5, 5.41) is 19.5. The molecule has 1 aromatic heterocycles. The predicted molar refractivity (Wildman–Crippen MR) is 74.8 cm³/mol. The number of benzene rings is 1. The largest absolute Gasteiger partial charge is 0.508 e. The number of nitrogens with one attached hydrogen (secondary N) is 1. The average molecular weight is 272 g/mol. The first-order valence-electron chi connectivity index (χ1n) is 6.78. The van der Waals surface area contributed by atoms with Gasteiger partial charge >= 0.3 is 0 Å². The first kappa shape index (κ1) is 12.7. The first-order valence-corrected chi connectivity index (χ1v) is 6.78. The van der Waals surface area contributed by atoms with Crippen molar-refractivity contribution >= 4 is 0 Å². The number of hydrogen-bond donors (Lipinski definition) is 3. The highest BCUT2D eigenvalue weighted by molar-refractivity contribution is 5.58. The second-order valence-corrected chi connectivity index (χ2v) is 5.18. The van der Waals surface area contributed by atoms with Crippen LogP contribution in [-0.2, 0) is 0 Å². The first-order chi connectivity index (χ1) is 9.65. The Balaban J connectivity index is 2.05. The quantitative estimate of drug-likeness (QED) is 0.784. The van der Waals surface area contributed by atoms with Gasteiger partial charge in [-0.3, -0.25) is 4.79 Å². The van der Waals surface area contributed by atoms with Crippen molar-refractivity contribution in [3.8, 4) is 23.0 Å². The third-order valence-electron chi connectivity index (χ3n) is 3.82. The molecule has 104 valence electrons. The van der Waals surface area contributed by atoms with Crippen molar-refractivity contribution in [3.05, 3.63) is 40.2 Å². The van der Waals surface area contributed by atoms with E-state index in [0.29, 0.717) is 11.1 Å². The van der Waals surface area contributed by atoms with Crippen molar-refractivity contribution in [1.82, 2.24) is 9.97 Å². The van der Waals surface area contributed by atoms with Crippen LogP contribution in [0.25, 0.3) is 11.4 Å². The van der Waals surface area contributed by atoms with Crippen molar-refractivity contribution in [1.29, 1.82) is 0 Å². The summed E-state index contributed by atoms with van der Waals surface area (Å²) in [6.45, 7) is 0. The highest BCUT2D eigenvalue weighted by Crippen LogP contribution is 2.36. The fourth-order valence-electron chi connectivity index (χ4n) is 2.84. The number of phenols is 1. The molecule has 0 radical (unpaired) electrons. The Morgan fingerprint density at radius 3 is 2.60 bits per heavy atom. The highest BCUT2D eigenvalue weighted by atomic mass is 16.3. The molecule has 0 spiro atoms. The third kappa shape index (κ3) is 2.27. The minimum atomic E-state index is -0.289. The molecule has 3 rings (SSSR count). The van der Waals surface area contributed by atoms with Gasteiger partial charge in [0.2, 0.25) is 5.88 Å². The molecule has 0 bridgehead atoms. The Hall–Kier alpha value is -2.30. The molecule has 1 aliphatic carbocycles. The fourth-order valence-corrected chi connectivity index (χ4v) is 2.84. The fraction of sp³-hybridized carbons (Fsp3) is 0.333. The lowest BCUT2D eigenvalue weighted by Gasteiger charge is -2.11. The summed E-state index contributed by atoms with van der Waals surface area (Å²) in [6.07, 6.45) is 4.00. The number of aromatic amines is 1. The van der Waals surface area contributed by atoms with E-state index < -0.39 is 0 Å². The topological polar surface area (TPSA) is 86.2 Å². The third-order valence-corrected chi connectivity index (χ3v) is 3.82. The summed E-state index contributed by atoms with van der Waals surface area (Å²) in [4.78, 5) is 19.0. The highest BCUT2D eigenvalue weighted by Gasteiger charge is 2.24. The van der Waals surface area contributed by atoms with Crippen LogP contribution in [0.3, 0.4) is 0 Å². The number of rotatable bonds is 2. The molecule has 2 aromatic rings. The Kier molecular flexibility index (Phi) is 3.18. The average Bonchev–Trinajstić information content (AvgIpc) is 2.91. The minimum absolute atomic E-state index is 0.0875. The van der Waals surface area contributed by atoms with E-state index in [1.165, 1.54) is 12.1 Å². The summed E-state index contributed by atoms with van der Waals surface area (Å²) < 4.78 is 0. The van der Waals surface area contributed by atoms with Crippen LogP contribution in [0.15, 0.2) is 29.1 Å². The van der Waals surface area contributed by atoms with Crippen LogP contribution in [0.1, 0.15) is 37.2 Å². The van der Waals surface area contributed by atoms with Crippen molar-refractivity contribution < 1.29 is 10.2 Å². The molecule has 5 heteroatoms. The summed E-state index contributed by atoms with van der Waals surface area (Å²) in [7, 11) is 0. The summed E-state index contributed by atoms with van der Waals surface area (Å²) in [6, 6.07) is 6.40. The standard InChI is InChI=1S/C15H16N2O3/c18-11-7-3-6-10(8-11)13-16-14(19)12(15(20)17-13)9-4-1-2-5-9/h3,6-9,18H,1-2,4-5H2,(H2,16,17,19,20). The molecule has 1 heterocycles. The van der Waals surface area contributed by atoms with Gasteiger partial charge in [0.1, 0.15) is 11.6 Å². The smallest absolute Gasteiger partial charge is 0.258 e. The molecule has 1 fully saturated rings. The number of nitrogens with zero attached hydrogens (tertiary/aromatic N) is 1. The SMILES string of the molecule is O=c1[nH]c(-c2cccc(O)c2)nc(O)c1C1CCCC1. The monoisotopic (exact) mass is 272 g/mol. The van der Waals surface area contributed by atoms with Crippen LogP contribution >= 0.6 is 0 Å². The van der Waals surface area contributed by atoms with Crippen molar-refractivity contribution in [2.75, 3.05) is 0 Å². The van der Waals surface area contributed by atoms with E-state index in [1.54, 1.807) is 12.1 Å². The lowest BCUT2D eigenvalue weighted by atomic mass is 10.00. The molecule has 1 aliphatic rings. The summed E-state index contributed by atoms with van der Waals surface area (Å²) in [5.74, 6) is 0.262. The van der Waals surface area contributed by atoms with Gasteiger partial charge in [0, 0.05) is 5.56 Å². The van der Waals surface area contributed by atoms with Crippen LogP contribution in [0.4, 0.5) is 0 Å². The van der Waals surface area contributed by atoms with Gasteiger partial charge in [0.15, 0.2) is 0 Å². The summed E-state index contributed by atoms with van der Waals surface area (Å²) >= 11 is 0. The van der Waals surface area contributed by atoms with E-state index in [0.717, 1.165) is 25.7 Å². The molecule has 3 N–H and O–H groups in total. The lowest BCUT2D eigenvalue weighted by molar-refractivity contribution is 0.436. The number of aromatic nitrogens is 2. The second-order valence-electron chi connectivity index (χ2n) is 5.18. The summed E-state index contributed by atoms with van der Waals surface area (Å²) in [5.41, 5.74) is 0.671. The van der Waals surface area contributed by atoms with E-state index in [9.17, 15) is 15.0 Å². The van der Waals surface area contributed by atoms with Gasteiger partial charge in [0.05, 0.1) is 5.56 Å². The number of phenolic OH excluding ortho intramolecular Hbond substituents is 1. The molecule has 0 saturated heterocycles. The Bertz CT molecular complexity index is 688. The maximum absolute atomic E-state index is 12.2. The molecule has 5 nitrogen and oxygen atoms in total. The van der Waals surface area contributed by atoms with E-state index in [4.69, 9.17) is 0 Å². The van der Waals surface area contributed by atoms with Gasteiger partial charge in [-0.05, 0) is 30.9 Å². The molecule has 20 heavy (non-hydrogen) atoms. The number of hydrogen-bond acceptors (Lipinski definition) is 4. The van der Waals surface area contributed by atoms with E-state index in [1.807, 2.05) is 0 Å². The van der Waals surface area contributed by atoms with Gasteiger partial charge in [-0.2, -0.15) is 4.98 Å². The molecule has 0 atom stereocenters. The molecule has 1 saturated carbocycles. The Labute approximate surface area is 115 Å². The van der Waals surface area contributed by atoms with Gasteiger partial charge in [-0.15, -0.1) is 0 Å². The molecule has 0 aliphatic heterocycles. The predicted octanol–water partition coefficient (Wildman–Crippen LogP) is 2.51. The van der Waals surface area contributed by atoms with Crippen LogP contribution in [0.5, 0.6) is 11.6 Å². The van der Waals surface area contributed by atoms with Crippen molar-refractivity contribution in [2.24, 2.45) is 0 Å². The van der Waals surface area contributed by atoms with Crippen LogP contribution in [0.2, 0.25) is 0 Å². The van der Waals surface area contributed by atoms with Crippen molar-refractivity contribution in [2.45, 2.75) is 31.6 Å². The Morgan fingerprint density at radius 2 is 1.95 bits per heavy atom. The van der Waals surface area contributed by atoms with Gasteiger partial charge in [-0.1, -0.05) is 25.0 Å². The molecule has 1 aromatic carbocycles. The van der Waals surface area contributed by atoms with E-state index in [-0.39, 0.29) is 28.9 Å². The zero-order chi connectivity index (χ0) is 14.1. The minimum Gasteiger partial charge on any atom is -0.508 e.